The van der Waals surface area contributed by atoms with Gasteiger partial charge >= 0.3 is 0 Å². The Balaban J connectivity index is 2.75. The molecule has 2 aromatic carbocycles. The molecule has 0 spiro atoms. The molecule has 0 aliphatic heterocycles. The van der Waals surface area contributed by atoms with Crippen molar-refractivity contribution in [2.75, 3.05) is 4.31 Å². The number of sulfonamides is 1. The average molecular weight is 421 g/mol. The van der Waals surface area contributed by atoms with E-state index in [0.29, 0.717) is 11.3 Å². The van der Waals surface area contributed by atoms with Crippen LogP contribution in [-0.2, 0) is 14.8 Å². The van der Waals surface area contributed by atoms with Crippen LogP contribution in [0.5, 0.6) is 0 Å². The van der Waals surface area contributed by atoms with E-state index in [0.717, 1.165) is 9.87 Å². The molecule has 8 heteroatoms. The molecular formula is C17H16Cl3NO3S. The van der Waals surface area contributed by atoms with Gasteiger partial charge in [-0.1, -0.05) is 40.9 Å². The van der Waals surface area contributed by atoms with Crippen molar-refractivity contribution in [3.8, 4) is 0 Å². The van der Waals surface area contributed by atoms with E-state index in [-0.39, 0.29) is 14.9 Å². The first-order valence-corrected chi connectivity index (χ1v) is 9.89. The third-order valence-corrected chi connectivity index (χ3v) is 6.62. The second kappa shape index (κ2) is 7.54. The molecule has 1 atom stereocenters. The molecule has 0 aromatic heterocycles. The third-order valence-electron chi connectivity index (χ3n) is 3.70. The van der Waals surface area contributed by atoms with Crippen molar-refractivity contribution in [2.24, 2.45) is 0 Å². The molecule has 134 valence electrons. The van der Waals surface area contributed by atoms with Gasteiger partial charge in [-0.25, -0.2) is 8.42 Å². The molecule has 4 nitrogen and oxygen atoms in total. The van der Waals surface area contributed by atoms with Crippen molar-refractivity contribution in [1.82, 2.24) is 0 Å². The highest BCUT2D eigenvalue weighted by Gasteiger charge is 2.35. The molecule has 2 aromatic rings. The topological polar surface area (TPSA) is 54.5 Å². The number of hydrogen-bond donors (Lipinski definition) is 0. The lowest BCUT2D eigenvalue weighted by Gasteiger charge is -2.30. The van der Waals surface area contributed by atoms with Crippen LogP contribution in [-0.4, -0.2) is 19.7 Å². The summed E-state index contributed by atoms with van der Waals surface area (Å²) in [6, 6.07) is 8.23. The molecule has 0 heterocycles. The van der Waals surface area contributed by atoms with Gasteiger partial charge in [0.2, 0.25) is 5.24 Å². The van der Waals surface area contributed by atoms with Crippen molar-refractivity contribution in [3.63, 3.8) is 0 Å². The van der Waals surface area contributed by atoms with Crippen molar-refractivity contribution in [2.45, 2.75) is 31.7 Å². The number of hydrogen-bond acceptors (Lipinski definition) is 3. The van der Waals surface area contributed by atoms with Crippen LogP contribution in [0.1, 0.15) is 18.1 Å². The van der Waals surface area contributed by atoms with E-state index >= 15 is 0 Å². The summed E-state index contributed by atoms with van der Waals surface area (Å²) in [5.74, 6) is 0. The van der Waals surface area contributed by atoms with Crippen molar-refractivity contribution in [3.05, 3.63) is 57.6 Å². The zero-order valence-electron chi connectivity index (χ0n) is 13.8. The van der Waals surface area contributed by atoms with E-state index in [1.807, 2.05) is 13.0 Å². The number of halogens is 3. The van der Waals surface area contributed by atoms with E-state index in [2.05, 4.69) is 0 Å². The van der Waals surface area contributed by atoms with Gasteiger partial charge in [0.05, 0.1) is 10.7 Å². The summed E-state index contributed by atoms with van der Waals surface area (Å²) in [6.07, 6.45) is 0. The van der Waals surface area contributed by atoms with Crippen LogP contribution in [0, 0.1) is 13.8 Å². The Morgan fingerprint density at radius 1 is 1.08 bits per heavy atom. The Bertz CT molecular complexity index is 929. The number of carbonyl (C=O) groups is 1. The van der Waals surface area contributed by atoms with Gasteiger partial charge in [0.15, 0.2) is 0 Å². The molecule has 0 radical (unpaired) electrons. The molecule has 25 heavy (non-hydrogen) atoms. The highest BCUT2D eigenvalue weighted by atomic mass is 35.5. The highest BCUT2D eigenvalue weighted by Crippen LogP contribution is 2.34. The Labute approximate surface area is 162 Å². The molecule has 0 bridgehead atoms. The van der Waals surface area contributed by atoms with Crippen molar-refractivity contribution in [1.29, 1.82) is 0 Å². The Hall–Kier alpha value is -1.27. The zero-order valence-corrected chi connectivity index (χ0v) is 16.8. The molecule has 2 rings (SSSR count). The first-order chi connectivity index (χ1) is 11.6. The van der Waals surface area contributed by atoms with Crippen LogP contribution in [0.3, 0.4) is 0 Å². The second-order valence-corrected chi connectivity index (χ2v) is 8.65. The van der Waals surface area contributed by atoms with Crippen LogP contribution in [0.2, 0.25) is 10.0 Å². The molecule has 0 amide bonds. The van der Waals surface area contributed by atoms with Crippen molar-refractivity contribution < 1.29 is 13.2 Å². The minimum atomic E-state index is -4.18. The molecule has 0 aliphatic carbocycles. The number of aryl methyl sites for hydroxylation is 2. The van der Waals surface area contributed by atoms with Gasteiger partial charge in [0.1, 0.15) is 10.9 Å². The largest absolute Gasteiger partial charge is 0.279 e. The molecular weight excluding hydrogens is 405 g/mol. The number of rotatable bonds is 5. The molecule has 0 saturated heterocycles. The van der Waals surface area contributed by atoms with Gasteiger partial charge in [0, 0.05) is 5.02 Å². The number of anilines is 1. The second-order valence-electron chi connectivity index (χ2n) is 5.65. The quantitative estimate of drug-likeness (QED) is 0.642. The maximum absolute atomic E-state index is 13.3. The lowest BCUT2D eigenvalue weighted by molar-refractivity contribution is -0.112. The van der Waals surface area contributed by atoms with E-state index in [1.165, 1.54) is 25.1 Å². The minimum Gasteiger partial charge on any atom is -0.279 e. The summed E-state index contributed by atoms with van der Waals surface area (Å²) >= 11 is 17.6. The highest BCUT2D eigenvalue weighted by molar-refractivity contribution is 7.93. The summed E-state index contributed by atoms with van der Waals surface area (Å²) in [5.41, 5.74) is 2.00. The van der Waals surface area contributed by atoms with Crippen LogP contribution in [0.15, 0.2) is 41.3 Å². The van der Waals surface area contributed by atoms with Crippen LogP contribution < -0.4 is 4.31 Å². The van der Waals surface area contributed by atoms with E-state index in [4.69, 9.17) is 34.8 Å². The van der Waals surface area contributed by atoms with Gasteiger partial charge in [0.25, 0.3) is 10.0 Å². The van der Waals surface area contributed by atoms with E-state index in [9.17, 15) is 13.2 Å². The minimum absolute atomic E-state index is 0.00776. The maximum Gasteiger partial charge on any atom is 0.266 e. The Kier molecular flexibility index (Phi) is 6.05. The lowest BCUT2D eigenvalue weighted by atomic mass is 10.1. The number of benzene rings is 2. The van der Waals surface area contributed by atoms with Gasteiger partial charge in [-0.05, 0) is 62.2 Å². The lowest BCUT2D eigenvalue weighted by Crippen LogP contribution is -2.42. The van der Waals surface area contributed by atoms with E-state index < -0.39 is 21.3 Å². The predicted molar refractivity (Wildman–Crippen MR) is 102 cm³/mol. The normalized spacial score (nSPS) is 12.7. The molecule has 0 aliphatic rings. The maximum atomic E-state index is 13.3. The average Bonchev–Trinajstić information content (AvgIpc) is 2.51. The summed E-state index contributed by atoms with van der Waals surface area (Å²) in [7, 11) is -4.18. The summed E-state index contributed by atoms with van der Waals surface area (Å²) in [6.45, 7) is 5.07. The van der Waals surface area contributed by atoms with Crippen LogP contribution >= 0.6 is 34.8 Å². The number of nitrogens with zero attached hydrogens (tertiary/aromatic N) is 1. The first-order valence-electron chi connectivity index (χ1n) is 7.32. The standard InChI is InChI=1S/C17H16Cl3NO3S/c1-10-4-7-15(11(2)8-10)21(12(3)17(20)22)25(23,24)16-9-13(18)5-6-14(16)19/h4-9,12H,1-3H3. The predicted octanol–water partition coefficient (Wildman–Crippen LogP) is 4.96. The van der Waals surface area contributed by atoms with Crippen LogP contribution in [0.4, 0.5) is 5.69 Å². The smallest absolute Gasteiger partial charge is 0.266 e. The molecule has 0 N–H and O–H groups in total. The van der Waals surface area contributed by atoms with Gasteiger partial charge < -0.3 is 0 Å². The first kappa shape index (κ1) is 20.0. The fourth-order valence-corrected chi connectivity index (χ4v) is 5.05. The monoisotopic (exact) mass is 419 g/mol. The Morgan fingerprint density at radius 3 is 2.28 bits per heavy atom. The number of carbonyl (C=O) groups excluding carboxylic acids is 1. The SMILES string of the molecule is Cc1ccc(N(C(C)C(=O)Cl)S(=O)(=O)c2cc(Cl)ccc2Cl)c(C)c1. The fraction of sp³-hybridized carbons (Fsp3) is 0.235. The van der Waals surface area contributed by atoms with Gasteiger partial charge in [-0.2, -0.15) is 0 Å². The zero-order chi connectivity index (χ0) is 18.9. The van der Waals surface area contributed by atoms with Gasteiger partial charge in [-0.3, -0.25) is 9.10 Å². The fourth-order valence-electron chi connectivity index (χ4n) is 2.47. The summed E-state index contributed by atoms with van der Waals surface area (Å²) in [5, 5.41) is -0.580. The third kappa shape index (κ3) is 4.11. The van der Waals surface area contributed by atoms with E-state index in [1.54, 1.807) is 19.1 Å². The summed E-state index contributed by atoms with van der Waals surface area (Å²) in [4.78, 5) is 11.6. The van der Waals surface area contributed by atoms with Crippen LogP contribution in [0.25, 0.3) is 0 Å². The molecule has 0 saturated carbocycles. The molecule has 0 fully saturated rings. The van der Waals surface area contributed by atoms with Crippen molar-refractivity contribution >= 4 is 55.8 Å². The Morgan fingerprint density at radius 2 is 1.72 bits per heavy atom. The summed E-state index contributed by atoms with van der Waals surface area (Å²) < 4.78 is 27.5. The molecule has 1 unspecified atom stereocenters. The van der Waals surface area contributed by atoms with Gasteiger partial charge in [-0.15, -0.1) is 0 Å².